The zero-order valence-corrected chi connectivity index (χ0v) is 8.58. The van der Waals surface area contributed by atoms with Crippen LogP contribution in [0, 0.1) is 11.8 Å². The van der Waals surface area contributed by atoms with E-state index in [1.54, 1.807) is 0 Å². The Morgan fingerprint density at radius 1 is 1.23 bits per heavy atom. The van der Waals surface area contributed by atoms with Gasteiger partial charge in [0, 0.05) is 12.6 Å². The first-order valence-electron chi connectivity index (χ1n) is 5.66. The van der Waals surface area contributed by atoms with Crippen LogP contribution in [0.15, 0.2) is 0 Å². The van der Waals surface area contributed by atoms with Crippen molar-refractivity contribution >= 4 is 0 Å². The molecule has 0 amide bonds. The molecule has 2 nitrogen and oxygen atoms in total. The maximum Gasteiger partial charge on any atom is 0.0460 e. The van der Waals surface area contributed by atoms with Crippen LogP contribution in [0.4, 0.5) is 0 Å². The lowest BCUT2D eigenvalue weighted by Gasteiger charge is -2.35. The summed E-state index contributed by atoms with van der Waals surface area (Å²) < 4.78 is 0. The molecule has 0 aromatic rings. The SMILES string of the molecule is CC(C1CC1)N1CCC(CO)CC1. The van der Waals surface area contributed by atoms with Crippen molar-refractivity contribution in [3.05, 3.63) is 0 Å². The van der Waals surface area contributed by atoms with Gasteiger partial charge in [-0.3, -0.25) is 0 Å². The normalized spacial score (nSPS) is 29.1. The number of likely N-dealkylation sites (tertiary alicyclic amines) is 1. The van der Waals surface area contributed by atoms with E-state index in [4.69, 9.17) is 5.11 Å². The van der Waals surface area contributed by atoms with Gasteiger partial charge < -0.3 is 10.0 Å². The molecule has 2 rings (SSSR count). The van der Waals surface area contributed by atoms with Gasteiger partial charge >= 0.3 is 0 Å². The third-order valence-electron chi connectivity index (χ3n) is 3.79. The van der Waals surface area contributed by atoms with Crippen LogP contribution in [-0.4, -0.2) is 35.7 Å². The Labute approximate surface area is 80.9 Å². The molecule has 76 valence electrons. The Balaban J connectivity index is 1.76. The molecular weight excluding hydrogens is 162 g/mol. The Morgan fingerprint density at radius 2 is 1.85 bits per heavy atom. The molecule has 2 heteroatoms. The van der Waals surface area contributed by atoms with Gasteiger partial charge in [0.25, 0.3) is 0 Å². The lowest BCUT2D eigenvalue weighted by molar-refractivity contribution is 0.0981. The van der Waals surface area contributed by atoms with Crippen molar-refractivity contribution in [3.63, 3.8) is 0 Å². The molecule has 1 N–H and O–H groups in total. The zero-order chi connectivity index (χ0) is 9.26. The highest BCUT2D eigenvalue weighted by Crippen LogP contribution is 2.36. The smallest absolute Gasteiger partial charge is 0.0460 e. The highest BCUT2D eigenvalue weighted by molar-refractivity contribution is 4.87. The summed E-state index contributed by atoms with van der Waals surface area (Å²) in [5, 5.41) is 9.02. The summed E-state index contributed by atoms with van der Waals surface area (Å²) in [6.45, 7) is 5.19. The highest BCUT2D eigenvalue weighted by atomic mass is 16.3. The van der Waals surface area contributed by atoms with Crippen LogP contribution in [0.2, 0.25) is 0 Å². The maximum atomic E-state index is 9.02. The molecule has 1 aliphatic heterocycles. The first-order chi connectivity index (χ1) is 6.31. The van der Waals surface area contributed by atoms with Gasteiger partial charge in [-0.25, -0.2) is 0 Å². The summed E-state index contributed by atoms with van der Waals surface area (Å²) in [5.41, 5.74) is 0. The molecule has 1 saturated heterocycles. The molecule has 1 unspecified atom stereocenters. The summed E-state index contributed by atoms with van der Waals surface area (Å²) in [4.78, 5) is 2.61. The summed E-state index contributed by atoms with van der Waals surface area (Å²) in [6.07, 6.45) is 5.29. The molecule has 0 radical (unpaired) electrons. The van der Waals surface area contributed by atoms with E-state index in [9.17, 15) is 0 Å². The summed E-state index contributed by atoms with van der Waals surface area (Å²) in [7, 11) is 0. The number of aliphatic hydroxyl groups is 1. The molecule has 0 aromatic carbocycles. The third kappa shape index (κ3) is 2.23. The fraction of sp³-hybridized carbons (Fsp3) is 1.00. The largest absolute Gasteiger partial charge is 0.396 e. The van der Waals surface area contributed by atoms with E-state index in [1.807, 2.05) is 0 Å². The van der Waals surface area contributed by atoms with Crippen molar-refractivity contribution < 1.29 is 5.11 Å². The number of aliphatic hydroxyl groups excluding tert-OH is 1. The van der Waals surface area contributed by atoms with Crippen molar-refractivity contribution in [2.24, 2.45) is 11.8 Å². The first-order valence-corrected chi connectivity index (χ1v) is 5.66. The molecule has 1 saturated carbocycles. The minimum Gasteiger partial charge on any atom is -0.396 e. The van der Waals surface area contributed by atoms with Gasteiger partial charge in [-0.2, -0.15) is 0 Å². The van der Waals surface area contributed by atoms with Crippen molar-refractivity contribution in [2.75, 3.05) is 19.7 Å². The molecule has 1 heterocycles. The topological polar surface area (TPSA) is 23.5 Å². The van der Waals surface area contributed by atoms with Gasteiger partial charge in [-0.05, 0) is 57.5 Å². The van der Waals surface area contributed by atoms with Crippen LogP contribution in [0.1, 0.15) is 32.6 Å². The van der Waals surface area contributed by atoms with Gasteiger partial charge in [0.2, 0.25) is 0 Å². The second kappa shape index (κ2) is 3.97. The standard InChI is InChI=1S/C11H21NO/c1-9(11-2-3-11)12-6-4-10(8-13)5-7-12/h9-11,13H,2-8H2,1H3. The van der Waals surface area contributed by atoms with E-state index in [1.165, 1.54) is 38.8 Å². The van der Waals surface area contributed by atoms with Crippen molar-refractivity contribution in [3.8, 4) is 0 Å². The minimum atomic E-state index is 0.394. The van der Waals surface area contributed by atoms with Crippen LogP contribution >= 0.6 is 0 Å². The van der Waals surface area contributed by atoms with Crippen molar-refractivity contribution in [1.82, 2.24) is 4.90 Å². The van der Waals surface area contributed by atoms with Crippen molar-refractivity contribution in [2.45, 2.75) is 38.6 Å². The molecule has 1 aliphatic carbocycles. The number of hydrogen-bond acceptors (Lipinski definition) is 2. The number of hydrogen-bond donors (Lipinski definition) is 1. The molecule has 0 bridgehead atoms. The van der Waals surface area contributed by atoms with Crippen LogP contribution < -0.4 is 0 Å². The maximum absolute atomic E-state index is 9.02. The monoisotopic (exact) mass is 183 g/mol. The van der Waals surface area contributed by atoms with Crippen LogP contribution in [-0.2, 0) is 0 Å². The Kier molecular flexibility index (Phi) is 2.89. The molecule has 2 aliphatic rings. The first kappa shape index (κ1) is 9.47. The van der Waals surface area contributed by atoms with Gasteiger partial charge in [0.1, 0.15) is 0 Å². The van der Waals surface area contributed by atoms with E-state index < -0.39 is 0 Å². The number of piperidine rings is 1. The third-order valence-corrected chi connectivity index (χ3v) is 3.79. The molecule has 0 spiro atoms. The van der Waals surface area contributed by atoms with E-state index in [-0.39, 0.29) is 0 Å². The Hall–Kier alpha value is -0.0800. The highest BCUT2D eigenvalue weighted by Gasteiger charge is 2.33. The predicted molar refractivity (Wildman–Crippen MR) is 53.6 cm³/mol. The zero-order valence-electron chi connectivity index (χ0n) is 8.58. The molecule has 0 aromatic heterocycles. The minimum absolute atomic E-state index is 0.394. The van der Waals surface area contributed by atoms with E-state index >= 15 is 0 Å². The number of rotatable bonds is 3. The number of nitrogens with zero attached hydrogens (tertiary/aromatic N) is 1. The lowest BCUT2D eigenvalue weighted by Crippen LogP contribution is -2.41. The van der Waals surface area contributed by atoms with Gasteiger partial charge in [-0.15, -0.1) is 0 Å². The van der Waals surface area contributed by atoms with Crippen LogP contribution in [0.25, 0.3) is 0 Å². The fourth-order valence-electron chi connectivity index (χ4n) is 2.42. The summed E-state index contributed by atoms with van der Waals surface area (Å²) >= 11 is 0. The quantitative estimate of drug-likeness (QED) is 0.716. The van der Waals surface area contributed by atoms with Gasteiger partial charge in [0.15, 0.2) is 0 Å². The molecule has 13 heavy (non-hydrogen) atoms. The van der Waals surface area contributed by atoms with Crippen LogP contribution in [0.5, 0.6) is 0 Å². The summed E-state index contributed by atoms with van der Waals surface area (Å²) in [5.74, 6) is 1.58. The second-order valence-corrected chi connectivity index (χ2v) is 4.74. The summed E-state index contributed by atoms with van der Waals surface area (Å²) in [6, 6.07) is 0.805. The average Bonchev–Trinajstić information content (AvgIpc) is 3.00. The lowest BCUT2D eigenvalue weighted by atomic mass is 9.96. The Bertz CT molecular complexity index is 159. The molecular formula is C11H21NO. The second-order valence-electron chi connectivity index (χ2n) is 4.74. The van der Waals surface area contributed by atoms with E-state index in [0.29, 0.717) is 12.5 Å². The Morgan fingerprint density at radius 3 is 2.31 bits per heavy atom. The predicted octanol–water partition coefficient (Wildman–Crippen LogP) is 1.49. The van der Waals surface area contributed by atoms with E-state index in [0.717, 1.165) is 12.0 Å². The molecule has 2 fully saturated rings. The van der Waals surface area contributed by atoms with Crippen molar-refractivity contribution in [1.29, 1.82) is 0 Å². The average molecular weight is 183 g/mol. The van der Waals surface area contributed by atoms with Gasteiger partial charge in [0.05, 0.1) is 0 Å². The molecule has 1 atom stereocenters. The van der Waals surface area contributed by atoms with Gasteiger partial charge in [-0.1, -0.05) is 0 Å². The van der Waals surface area contributed by atoms with E-state index in [2.05, 4.69) is 11.8 Å². The van der Waals surface area contributed by atoms with Crippen LogP contribution in [0.3, 0.4) is 0 Å². The fourth-order valence-corrected chi connectivity index (χ4v) is 2.42.